The van der Waals surface area contributed by atoms with Crippen LogP contribution in [-0.4, -0.2) is 19.2 Å². The molecule has 2 unspecified atom stereocenters. The van der Waals surface area contributed by atoms with E-state index in [1.807, 2.05) is 43.3 Å². The molecule has 3 nitrogen and oxygen atoms in total. The molecular formula is C23H30O3. The summed E-state index contributed by atoms with van der Waals surface area (Å²) >= 11 is 0. The topological polar surface area (TPSA) is 35.5 Å². The van der Waals surface area contributed by atoms with Crippen molar-refractivity contribution in [1.82, 2.24) is 0 Å². The lowest BCUT2D eigenvalue weighted by molar-refractivity contribution is -0.149. The summed E-state index contributed by atoms with van der Waals surface area (Å²) in [6, 6.07) is 20.5. The predicted molar refractivity (Wildman–Crippen MR) is 105 cm³/mol. The fourth-order valence-electron chi connectivity index (χ4n) is 3.08. The Morgan fingerprint density at radius 1 is 0.962 bits per heavy atom. The van der Waals surface area contributed by atoms with Gasteiger partial charge in [0, 0.05) is 6.61 Å². The minimum atomic E-state index is -0.0849. The van der Waals surface area contributed by atoms with Gasteiger partial charge in [-0.25, -0.2) is 0 Å². The van der Waals surface area contributed by atoms with Gasteiger partial charge in [-0.05, 0) is 43.2 Å². The minimum absolute atomic E-state index is 0.0783. The number of hydrogen-bond donors (Lipinski definition) is 0. The number of benzene rings is 2. The van der Waals surface area contributed by atoms with E-state index in [1.54, 1.807) is 0 Å². The van der Waals surface area contributed by atoms with Crippen LogP contribution in [-0.2, 0) is 27.3 Å². The van der Waals surface area contributed by atoms with E-state index in [2.05, 4.69) is 31.2 Å². The van der Waals surface area contributed by atoms with Gasteiger partial charge in [0.05, 0.1) is 19.1 Å². The lowest BCUT2D eigenvalue weighted by atomic mass is 9.91. The summed E-state index contributed by atoms with van der Waals surface area (Å²) in [5, 5.41) is 0. The smallest absolute Gasteiger partial charge is 0.308 e. The lowest BCUT2D eigenvalue weighted by Gasteiger charge is -2.20. The fraction of sp³-hybridized carbons (Fsp3) is 0.435. The van der Waals surface area contributed by atoms with Crippen LogP contribution in [0.1, 0.15) is 37.8 Å². The molecule has 0 saturated carbocycles. The van der Waals surface area contributed by atoms with Crippen molar-refractivity contribution in [1.29, 1.82) is 0 Å². The third-order valence-corrected chi connectivity index (χ3v) is 4.45. The summed E-state index contributed by atoms with van der Waals surface area (Å²) < 4.78 is 11.1. The van der Waals surface area contributed by atoms with E-state index >= 15 is 0 Å². The van der Waals surface area contributed by atoms with E-state index in [1.165, 1.54) is 11.1 Å². The maximum atomic E-state index is 12.3. The highest BCUT2D eigenvalue weighted by Crippen LogP contribution is 2.21. The number of carbonyl (C=O) groups is 1. The summed E-state index contributed by atoms with van der Waals surface area (Å²) in [6.45, 7) is 5.69. The van der Waals surface area contributed by atoms with Crippen LogP contribution in [0.25, 0.3) is 0 Å². The third-order valence-electron chi connectivity index (χ3n) is 4.45. The summed E-state index contributed by atoms with van der Waals surface area (Å²) in [4.78, 5) is 12.3. The molecule has 2 rings (SSSR count). The Kier molecular flexibility index (Phi) is 8.91. The molecule has 3 heteroatoms. The first-order valence-electron chi connectivity index (χ1n) is 9.51. The number of esters is 1. The zero-order valence-electron chi connectivity index (χ0n) is 15.9. The average Bonchev–Trinajstić information content (AvgIpc) is 2.67. The molecule has 2 aromatic carbocycles. The maximum absolute atomic E-state index is 12.3. The summed E-state index contributed by atoms with van der Waals surface area (Å²) in [6.07, 6.45) is 2.49. The van der Waals surface area contributed by atoms with Gasteiger partial charge in [0.15, 0.2) is 0 Å². The summed E-state index contributed by atoms with van der Waals surface area (Å²) in [5.74, 6) is 0.146. The molecule has 0 amide bonds. The van der Waals surface area contributed by atoms with Crippen molar-refractivity contribution in [3.63, 3.8) is 0 Å². The van der Waals surface area contributed by atoms with Crippen LogP contribution >= 0.6 is 0 Å². The molecule has 140 valence electrons. The van der Waals surface area contributed by atoms with Crippen molar-refractivity contribution in [2.45, 2.75) is 39.7 Å². The first kappa shape index (κ1) is 20.2. The highest BCUT2D eigenvalue weighted by atomic mass is 16.5. The van der Waals surface area contributed by atoms with Crippen LogP contribution < -0.4 is 0 Å². The first-order valence-corrected chi connectivity index (χ1v) is 9.51. The molecule has 0 heterocycles. The largest absolute Gasteiger partial charge is 0.466 e. The number of hydrogen-bond acceptors (Lipinski definition) is 3. The molecule has 2 aromatic rings. The van der Waals surface area contributed by atoms with E-state index in [4.69, 9.17) is 9.47 Å². The van der Waals surface area contributed by atoms with Gasteiger partial charge in [-0.2, -0.15) is 0 Å². The van der Waals surface area contributed by atoms with Crippen molar-refractivity contribution in [3.8, 4) is 0 Å². The second-order valence-corrected chi connectivity index (χ2v) is 6.81. The molecule has 0 aromatic heterocycles. The number of carbonyl (C=O) groups excluding carboxylic acids is 1. The molecule has 0 N–H and O–H groups in total. The minimum Gasteiger partial charge on any atom is -0.466 e. The van der Waals surface area contributed by atoms with E-state index in [0.29, 0.717) is 25.7 Å². The Bertz CT molecular complexity index is 624. The van der Waals surface area contributed by atoms with Crippen LogP contribution in [0.4, 0.5) is 0 Å². The second-order valence-electron chi connectivity index (χ2n) is 6.81. The highest BCUT2D eigenvalue weighted by molar-refractivity contribution is 5.72. The van der Waals surface area contributed by atoms with Gasteiger partial charge >= 0.3 is 5.97 Å². The first-order chi connectivity index (χ1) is 12.7. The maximum Gasteiger partial charge on any atom is 0.308 e. The Morgan fingerprint density at radius 2 is 1.58 bits per heavy atom. The van der Waals surface area contributed by atoms with Gasteiger partial charge in [-0.15, -0.1) is 0 Å². The van der Waals surface area contributed by atoms with E-state index in [-0.39, 0.29) is 11.9 Å². The van der Waals surface area contributed by atoms with Gasteiger partial charge in [-0.3, -0.25) is 4.79 Å². The quantitative estimate of drug-likeness (QED) is 0.530. The van der Waals surface area contributed by atoms with Gasteiger partial charge in [0.2, 0.25) is 0 Å². The number of rotatable bonds is 11. The van der Waals surface area contributed by atoms with Gasteiger partial charge in [-0.1, -0.05) is 67.6 Å². The Morgan fingerprint density at radius 3 is 2.19 bits per heavy atom. The van der Waals surface area contributed by atoms with Crippen LogP contribution in [0.2, 0.25) is 0 Å². The van der Waals surface area contributed by atoms with Gasteiger partial charge in [0.25, 0.3) is 0 Å². The molecular weight excluding hydrogens is 324 g/mol. The summed E-state index contributed by atoms with van der Waals surface area (Å²) in [7, 11) is 0. The molecule has 2 atom stereocenters. The SMILES string of the molecule is CCOC(=O)C(CCc1ccccc1)CC(C)COCc1ccccc1. The average molecular weight is 354 g/mol. The fourth-order valence-corrected chi connectivity index (χ4v) is 3.08. The number of aryl methyl sites for hydroxylation is 1. The Labute approximate surface area is 157 Å². The normalized spacial score (nSPS) is 13.2. The Balaban J connectivity index is 1.81. The van der Waals surface area contributed by atoms with Crippen LogP contribution in [0.3, 0.4) is 0 Å². The predicted octanol–water partition coefficient (Wildman–Crippen LogP) is 5.04. The Hall–Kier alpha value is -2.13. The van der Waals surface area contributed by atoms with Crippen LogP contribution in [0.5, 0.6) is 0 Å². The third kappa shape index (κ3) is 7.40. The molecule has 0 fully saturated rings. The second kappa shape index (κ2) is 11.5. The summed E-state index contributed by atoms with van der Waals surface area (Å²) in [5.41, 5.74) is 2.43. The molecule has 0 aliphatic carbocycles. The number of ether oxygens (including phenoxy) is 2. The molecule has 0 spiro atoms. The zero-order valence-corrected chi connectivity index (χ0v) is 15.9. The van der Waals surface area contributed by atoms with E-state index in [0.717, 1.165) is 19.3 Å². The van der Waals surface area contributed by atoms with E-state index < -0.39 is 0 Å². The van der Waals surface area contributed by atoms with Crippen molar-refractivity contribution in [2.24, 2.45) is 11.8 Å². The highest BCUT2D eigenvalue weighted by Gasteiger charge is 2.22. The van der Waals surface area contributed by atoms with Crippen LogP contribution in [0, 0.1) is 11.8 Å². The van der Waals surface area contributed by atoms with Gasteiger partial charge in [0.1, 0.15) is 0 Å². The molecule has 0 saturated heterocycles. The van der Waals surface area contributed by atoms with Crippen molar-refractivity contribution in [2.75, 3.05) is 13.2 Å². The van der Waals surface area contributed by atoms with Crippen LogP contribution in [0.15, 0.2) is 60.7 Å². The van der Waals surface area contributed by atoms with Crippen molar-refractivity contribution < 1.29 is 14.3 Å². The van der Waals surface area contributed by atoms with E-state index in [9.17, 15) is 4.79 Å². The molecule has 26 heavy (non-hydrogen) atoms. The molecule has 0 aliphatic rings. The standard InChI is InChI=1S/C23H30O3/c1-3-26-23(24)22(15-14-20-10-6-4-7-11-20)16-19(2)17-25-18-21-12-8-5-9-13-21/h4-13,19,22H,3,14-18H2,1-2H3. The van der Waals surface area contributed by atoms with Crippen molar-refractivity contribution >= 4 is 5.97 Å². The van der Waals surface area contributed by atoms with Gasteiger partial charge < -0.3 is 9.47 Å². The molecule has 0 radical (unpaired) electrons. The molecule has 0 bridgehead atoms. The van der Waals surface area contributed by atoms with Crippen molar-refractivity contribution in [3.05, 3.63) is 71.8 Å². The lowest BCUT2D eigenvalue weighted by Crippen LogP contribution is -2.22. The monoisotopic (exact) mass is 354 g/mol. The molecule has 0 aliphatic heterocycles. The zero-order chi connectivity index (χ0) is 18.6.